The van der Waals surface area contributed by atoms with E-state index in [4.69, 9.17) is 5.73 Å². The van der Waals surface area contributed by atoms with Crippen LogP contribution in [0.15, 0.2) is 47.4 Å². The van der Waals surface area contributed by atoms with Crippen molar-refractivity contribution < 1.29 is 4.79 Å². The minimum Gasteiger partial charge on any atom is -0.398 e. The third-order valence-corrected chi connectivity index (χ3v) is 4.81. The molecule has 0 bridgehead atoms. The lowest BCUT2D eigenvalue weighted by molar-refractivity contribution is -0.113. The molecule has 3 N–H and O–H groups in total. The highest BCUT2D eigenvalue weighted by atomic mass is 127. The molecule has 104 valence electrons. The number of carbonyl (C=O) groups is 1. The van der Waals surface area contributed by atoms with Crippen molar-refractivity contribution in [2.75, 3.05) is 16.8 Å². The largest absolute Gasteiger partial charge is 0.398 e. The summed E-state index contributed by atoms with van der Waals surface area (Å²) < 4.78 is 1.03. The van der Waals surface area contributed by atoms with Crippen molar-refractivity contribution in [1.29, 1.82) is 0 Å². The number of nitrogens with two attached hydrogens (primary N) is 1. The highest BCUT2D eigenvalue weighted by Crippen LogP contribution is 2.27. The van der Waals surface area contributed by atoms with Crippen LogP contribution in [0.1, 0.15) is 5.56 Å². The van der Waals surface area contributed by atoms with E-state index in [-0.39, 0.29) is 5.91 Å². The molecular weight excluding hydrogens is 383 g/mol. The zero-order valence-corrected chi connectivity index (χ0v) is 14.0. The number of aryl methyl sites for hydroxylation is 1. The summed E-state index contributed by atoms with van der Waals surface area (Å²) in [5.41, 5.74) is 8.62. The molecule has 0 aliphatic rings. The summed E-state index contributed by atoms with van der Waals surface area (Å²) in [5.74, 6) is 0.318. The van der Waals surface area contributed by atoms with Crippen LogP contribution in [0.25, 0.3) is 0 Å². The van der Waals surface area contributed by atoms with Crippen LogP contribution in [0.4, 0.5) is 11.4 Å². The summed E-state index contributed by atoms with van der Waals surface area (Å²) in [6.45, 7) is 1.96. The van der Waals surface area contributed by atoms with Crippen LogP contribution in [-0.4, -0.2) is 11.7 Å². The number of hydrogen-bond acceptors (Lipinski definition) is 3. The van der Waals surface area contributed by atoms with Gasteiger partial charge in [0, 0.05) is 14.2 Å². The fourth-order valence-electron chi connectivity index (χ4n) is 1.67. The van der Waals surface area contributed by atoms with Crippen LogP contribution in [0, 0.1) is 10.5 Å². The SMILES string of the molecule is Cc1cccc(SCC(=O)Nc2ccccc2I)c1N. The van der Waals surface area contributed by atoms with Gasteiger partial charge in [0.25, 0.3) is 0 Å². The Labute approximate surface area is 136 Å². The molecule has 2 aromatic rings. The Morgan fingerprint density at radius 2 is 2.00 bits per heavy atom. The maximum atomic E-state index is 12.0. The third-order valence-electron chi connectivity index (χ3n) is 2.79. The van der Waals surface area contributed by atoms with E-state index in [0.717, 1.165) is 25.4 Å². The van der Waals surface area contributed by atoms with Gasteiger partial charge in [-0.05, 0) is 53.3 Å². The monoisotopic (exact) mass is 398 g/mol. The fourth-order valence-corrected chi connectivity index (χ4v) is 3.04. The number of carbonyl (C=O) groups excluding carboxylic acids is 1. The zero-order chi connectivity index (χ0) is 14.5. The molecule has 0 spiro atoms. The number of benzene rings is 2. The number of rotatable bonds is 4. The second-order valence-electron chi connectivity index (χ2n) is 4.30. The number of anilines is 2. The van der Waals surface area contributed by atoms with Gasteiger partial charge in [0.05, 0.1) is 11.4 Å². The summed E-state index contributed by atoms with van der Waals surface area (Å²) in [6, 6.07) is 13.6. The number of para-hydroxylation sites is 2. The lowest BCUT2D eigenvalue weighted by Crippen LogP contribution is -2.14. The molecule has 0 heterocycles. The van der Waals surface area contributed by atoms with Gasteiger partial charge >= 0.3 is 0 Å². The summed E-state index contributed by atoms with van der Waals surface area (Å²) in [6.07, 6.45) is 0. The molecule has 0 atom stereocenters. The van der Waals surface area contributed by atoms with Gasteiger partial charge in [-0.3, -0.25) is 4.79 Å². The Kier molecular flexibility index (Phi) is 5.31. The molecule has 20 heavy (non-hydrogen) atoms. The van der Waals surface area contributed by atoms with E-state index >= 15 is 0 Å². The number of nitrogen functional groups attached to an aromatic ring is 1. The first-order chi connectivity index (χ1) is 9.58. The Balaban J connectivity index is 1.96. The van der Waals surface area contributed by atoms with Crippen LogP contribution in [-0.2, 0) is 4.79 Å². The number of nitrogens with one attached hydrogen (secondary N) is 1. The molecule has 0 saturated carbocycles. The van der Waals surface area contributed by atoms with Gasteiger partial charge in [-0.15, -0.1) is 11.8 Å². The first-order valence-electron chi connectivity index (χ1n) is 6.10. The molecule has 0 aromatic heterocycles. The van der Waals surface area contributed by atoms with Crippen molar-refractivity contribution in [1.82, 2.24) is 0 Å². The molecule has 2 aromatic carbocycles. The van der Waals surface area contributed by atoms with Crippen molar-refractivity contribution in [2.24, 2.45) is 0 Å². The van der Waals surface area contributed by atoms with Crippen molar-refractivity contribution in [2.45, 2.75) is 11.8 Å². The number of amides is 1. The molecule has 5 heteroatoms. The van der Waals surface area contributed by atoms with E-state index in [1.807, 2.05) is 49.4 Å². The van der Waals surface area contributed by atoms with E-state index in [1.54, 1.807) is 0 Å². The Bertz CT molecular complexity index is 631. The molecule has 0 fully saturated rings. The average Bonchev–Trinajstić information content (AvgIpc) is 2.43. The molecule has 0 aliphatic heterocycles. The third kappa shape index (κ3) is 3.89. The van der Waals surface area contributed by atoms with Crippen LogP contribution < -0.4 is 11.1 Å². The van der Waals surface area contributed by atoms with E-state index in [9.17, 15) is 4.79 Å². The minimum absolute atomic E-state index is 0.0278. The predicted molar refractivity (Wildman–Crippen MR) is 94.1 cm³/mol. The first-order valence-corrected chi connectivity index (χ1v) is 8.16. The average molecular weight is 398 g/mol. The van der Waals surface area contributed by atoms with Crippen molar-refractivity contribution >= 4 is 51.6 Å². The molecule has 0 unspecified atom stereocenters. The van der Waals surface area contributed by atoms with Crippen molar-refractivity contribution in [3.63, 3.8) is 0 Å². The van der Waals surface area contributed by atoms with Crippen molar-refractivity contribution in [3.05, 3.63) is 51.6 Å². The lowest BCUT2D eigenvalue weighted by Gasteiger charge is -2.09. The van der Waals surface area contributed by atoms with Gasteiger partial charge in [0.15, 0.2) is 0 Å². The number of hydrogen-bond donors (Lipinski definition) is 2. The maximum Gasteiger partial charge on any atom is 0.234 e. The summed E-state index contributed by atoms with van der Waals surface area (Å²) in [5, 5.41) is 2.91. The first kappa shape index (κ1) is 15.2. The van der Waals surface area contributed by atoms with Gasteiger partial charge in [-0.2, -0.15) is 0 Å². The predicted octanol–water partition coefficient (Wildman–Crippen LogP) is 3.91. The molecule has 2 rings (SSSR count). The Hall–Kier alpha value is -1.21. The zero-order valence-electron chi connectivity index (χ0n) is 11.0. The Morgan fingerprint density at radius 1 is 1.25 bits per heavy atom. The normalized spacial score (nSPS) is 10.3. The maximum absolute atomic E-state index is 12.0. The summed E-state index contributed by atoms with van der Waals surface area (Å²) in [7, 11) is 0. The second kappa shape index (κ2) is 6.99. The highest BCUT2D eigenvalue weighted by Gasteiger charge is 2.08. The van der Waals surface area contributed by atoms with Gasteiger partial charge < -0.3 is 11.1 Å². The molecular formula is C15H15IN2OS. The summed E-state index contributed by atoms with van der Waals surface area (Å²) in [4.78, 5) is 12.9. The van der Waals surface area contributed by atoms with Crippen LogP contribution >= 0.6 is 34.4 Å². The fraction of sp³-hybridized carbons (Fsp3) is 0.133. The van der Waals surface area contributed by atoms with E-state index < -0.39 is 0 Å². The van der Waals surface area contributed by atoms with E-state index in [0.29, 0.717) is 5.75 Å². The molecule has 0 aliphatic carbocycles. The number of thioether (sulfide) groups is 1. The van der Waals surface area contributed by atoms with Crippen LogP contribution in [0.2, 0.25) is 0 Å². The second-order valence-corrected chi connectivity index (χ2v) is 6.48. The van der Waals surface area contributed by atoms with E-state index in [1.165, 1.54) is 11.8 Å². The lowest BCUT2D eigenvalue weighted by atomic mass is 10.2. The topological polar surface area (TPSA) is 55.1 Å². The van der Waals surface area contributed by atoms with Gasteiger partial charge in [0.1, 0.15) is 0 Å². The minimum atomic E-state index is -0.0278. The van der Waals surface area contributed by atoms with Gasteiger partial charge in [-0.25, -0.2) is 0 Å². The van der Waals surface area contributed by atoms with Gasteiger partial charge in [0.2, 0.25) is 5.91 Å². The van der Waals surface area contributed by atoms with Crippen molar-refractivity contribution in [3.8, 4) is 0 Å². The smallest absolute Gasteiger partial charge is 0.234 e. The molecule has 0 saturated heterocycles. The summed E-state index contributed by atoms with van der Waals surface area (Å²) >= 11 is 3.66. The molecule has 1 amide bonds. The highest BCUT2D eigenvalue weighted by molar-refractivity contribution is 14.1. The molecule has 0 radical (unpaired) electrons. The van der Waals surface area contributed by atoms with Crippen LogP contribution in [0.5, 0.6) is 0 Å². The molecule has 3 nitrogen and oxygen atoms in total. The number of halogens is 1. The quantitative estimate of drug-likeness (QED) is 0.467. The van der Waals surface area contributed by atoms with Crippen LogP contribution in [0.3, 0.4) is 0 Å². The van der Waals surface area contributed by atoms with E-state index in [2.05, 4.69) is 27.9 Å². The van der Waals surface area contributed by atoms with Gasteiger partial charge in [-0.1, -0.05) is 24.3 Å². The standard InChI is InChI=1S/C15H15IN2OS/c1-10-5-4-8-13(15(10)17)20-9-14(19)18-12-7-3-2-6-11(12)16/h2-8H,9,17H2,1H3,(H,18,19). The Morgan fingerprint density at radius 3 is 2.75 bits per heavy atom.